The lowest BCUT2D eigenvalue weighted by atomic mass is 10.0. The number of allylic oxidation sites excluding steroid dienone is 4. The largest absolute Gasteiger partial charge is 0.480 e. The van der Waals surface area contributed by atoms with Crippen molar-refractivity contribution in [3.8, 4) is 0 Å². The number of nitrogens with two attached hydrogens (primary N) is 1. The van der Waals surface area contributed by atoms with Crippen LogP contribution in [0.1, 0.15) is 174 Å². The number of phosphoric ester groups is 1. The molecule has 3 atom stereocenters. The van der Waals surface area contributed by atoms with Crippen molar-refractivity contribution >= 4 is 31.5 Å². The first-order valence-corrected chi connectivity index (χ1v) is 21.8. The fraction of sp³-hybridized carbons (Fsp3) is 0.800. The number of unbranched alkanes of at least 4 members (excludes halogenated alkanes) is 19. The third-order valence-corrected chi connectivity index (χ3v) is 9.63. The molecule has 4 N–H and O–H groups in total. The number of hydrogen-bond acceptors (Lipinski definition) is 10. The highest BCUT2D eigenvalue weighted by Crippen LogP contribution is 2.43. The molecule has 0 saturated heterocycles. The number of ketones is 1. The third-order valence-electron chi connectivity index (χ3n) is 8.68. The summed E-state index contributed by atoms with van der Waals surface area (Å²) in [5.41, 5.74) is 5.31. The van der Waals surface area contributed by atoms with E-state index in [9.17, 15) is 28.6 Å². The molecule has 0 rings (SSSR count). The maximum atomic E-state index is 12.6. The van der Waals surface area contributed by atoms with Gasteiger partial charge in [-0.15, -0.1) is 0 Å². The Kier molecular flexibility index (Phi) is 33.8. The molecule has 308 valence electrons. The van der Waals surface area contributed by atoms with Gasteiger partial charge in [0.15, 0.2) is 11.9 Å². The summed E-state index contributed by atoms with van der Waals surface area (Å²) in [6.07, 6.45) is 30.7. The first kappa shape index (κ1) is 50.6. The number of carboxylic acids is 1. The number of carbonyl (C=O) groups is 4. The summed E-state index contributed by atoms with van der Waals surface area (Å²) in [7, 11) is -4.73. The van der Waals surface area contributed by atoms with Gasteiger partial charge >= 0.3 is 25.7 Å². The van der Waals surface area contributed by atoms with Crippen LogP contribution in [0.4, 0.5) is 0 Å². The van der Waals surface area contributed by atoms with E-state index in [-0.39, 0.29) is 25.2 Å². The molecule has 53 heavy (non-hydrogen) atoms. The normalized spacial score (nSPS) is 14.0. The predicted molar refractivity (Wildman–Crippen MR) is 208 cm³/mol. The van der Waals surface area contributed by atoms with Gasteiger partial charge in [-0.2, -0.15) is 0 Å². The maximum absolute atomic E-state index is 12.6. The summed E-state index contributed by atoms with van der Waals surface area (Å²) in [4.78, 5) is 57.8. The molecule has 0 aromatic rings. The number of phosphoric acid groups is 1. The van der Waals surface area contributed by atoms with Crippen LogP contribution < -0.4 is 5.73 Å². The zero-order valence-electron chi connectivity index (χ0n) is 32.9. The van der Waals surface area contributed by atoms with Crippen molar-refractivity contribution in [1.29, 1.82) is 0 Å². The van der Waals surface area contributed by atoms with Crippen LogP contribution in [0.15, 0.2) is 24.3 Å². The van der Waals surface area contributed by atoms with E-state index in [1.165, 1.54) is 70.6 Å². The Morgan fingerprint density at radius 1 is 0.623 bits per heavy atom. The highest BCUT2D eigenvalue weighted by molar-refractivity contribution is 7.47. The zero-order chi connectivity index (χ0) is 39.4. The van der Waals surface area contributed by atoms with Crippen LogP contribution in [0.5, 0.6) is 0 Å². The van der Waals surface area contributed by atoms with Gasteiger partial charge in [-0.3, -0.25) is 28.2 Å². The maximum Gasteiger partial charge on any atom is 0.472 e. The van der Waals surface area contributed by atoms with Gasteiger partial charge in [0.2, 0.25) is 0 Å². The third kappa shape index (κ3) is 35.1. The van der Waals surface area contributed by atoms with Crippen molar-refractivity contribution in [2.75, 3.05) is 19.8 Å². The van der Waals surface area contributed by atoms with Gasteiger partial charge in [-0.1, -0.05) is 141 Å². The van der Waals surface area contributed by atoms with E-state index in [4.69, 9.17) is 24.8 Å². The molecule has 0 amide bonds. The second-order valence-corrected chi connectivity index (χ2v) is 15.3. The van der Waals surface area contributed by atoms with E-state index >= 15 is 0 Å². The number of carbonyl (C=O) groups excluding carboxylic acids is 3. The summed E-state index contributed by atoms with van der Waals surface area (Å²) in [6, 6.07) is -1.54. The molecule has 0 bridgehead atoms. The Hall–Kier alpha value is -2.37. The molecule has 12 nitrogen and oxygen atoms in total. The molecular formula is C40H72NO11P. The van der Waals surface area contributed by atoms with E-state index in [2.05, 4.69) is 24.4 Å². The molecule has 0 aliphatic rings. The van der Waals surface area contributed by atoms with Crippen LogP contribution in [0.25, 0.3) is 0 Å². The zero-order valence-corrected chi connectivity index (χ0v) is 33.8. The fourth-order valence-corrected chi connectivity index (χ4v) is 6.18. The standard InChI is InChI=1S/C40H72NO11P/c1-3-5-7-9-11-12-13-14-15-16-18-22-27-31-39(44)52-36(33-50-53(47,48)51-34-37(41)40(45)46)32-49-38(43)30-26-23-19-21-25-29-35(42)28-24-20-17-10-8-6-4-2/h17,20,24,28,36-37H,3-16,18-19,21-23,25-27,29-34,41H2,1-2H3,(H,45,46)(H,47,48)/b20-17-,28-24+/t36-,37+/m1/s1. The minimum Gasteiger partial charge on any atom is -0.480 e. The number of carboxylic acid groups (broad SMARTS) is 1. The molecule has 0 aromatic heterocycles. The summed E-state index contributed by atoms with van der Waals surface area (Å²) in [6.45, 7) is 2.62. The predicted octanol–water partition coefficient (Wildman–Crippen LogP) is 9.46. The second-order valence-electron chi connectivity index (χ2n) is 13.8. The highest BCUT2D eigenvalue weighted by atomic mass is 31.2. The summed E-state index contributed by atoms with van der Waals surface area (Å²) in [5.74, 6) is -2.38. The van der Waals surface area contributed by atoms with Crippen molar-refractivity contribution in [3.63, 3.8) is 0 Å². The average Bonchev–Trinajstić information content (AvgIpc) is 3.12. The van der Waals surface area contributed by atoms with E-state index < -0.39 is 51.1 Å². The SMILES string of the molecule is CCCCC/C=C\C=C\C(=O)CCCCCCCC(=O)OC[C@H](COP(=O)(O)OC[C@H](N)C(=O)O)OC(=O)CCCCCCCCCCCCCCC. The molecule has 0 aromatic carbocycles. The highest BCUT2D eigenvalue weighted by Gasteiger charge is 2.28. The van der Waals surface area contributed by atoms with E-state index in [1.54, 1.807) is 12.2 Å². The Labute approximate surface area is 319 Å². The monoisotopic (exact) mass is 773 g/mol. The Morgan fingerprint density at radius 3 is 1.64 bits per heavy atom. The van der Waals surface area contributed by atoms with Crippen molar-refractivity contribution in [2.45, 2.75) is 187 Å². The molecular weight excluding hydrogens is 701 g/mol. The van der Waals surface area contributed by atoms with Gasteiger partial charge in [0.05, 0.1) is 13.2 Å². The Morgan fingerprint density at radius 2 is 1.09 bits per heavy atom. The van der Waals surface area contributed by atoms with Gasteiger partial charge in [0.1, 0.15) is 12.6 Å². The van der Waals surface area contributed by atoms with Crippen LogP contribution in [0, 0.1) is 0 Å². The Bertz CT molecular complexity index is 1070. The molecule has 0 aliphatic heterocycles. The molecule has 0 spiro atoms. The van der Waals surface area contributed by atoms with Crippen LogP contribution in [0.2, 0.25) is 0 Å². The van der Waals surface area contributed by atoms with E-state index in [0.717, 1.165) is 57.8 Å². The summed E-state index contributed by atoms with van der Waals surface area (Å²) >= 11 is 0. The average molecular weight is 774 g/mol. The molecule has 0 aliphatic carbocycles. The fourth-order valence-electron chi connectivity index (χ4n) is 5.40. The number of hydrogen-bond donors (Lipinski definition) is 3. The van der Waals surface area contributed by atoms with Crippen molar-refractivity contribution in [3.05, 3.63) is 24.3 Å². The first-order chi connectivity index (χ1) is 25.5. The Balaban J connectivity index is 4.48. The minimum absolute atomic E-state index is 0.100. The minimum atomic E-state index is -4.73. The number of esters is 2. The molecule has 0 saturated carbocycles. The molecule has 13 heteroatoms. The summed E-state index contributed by atoms with van der Waals surface area (Å²) < 4.78 is 32.5. The number of aliphatic carboxylic acids is 1. The van der Waals surface area contributed by atoms with Crippen molar-refractivity contribution < 1.29 is 52.3 Å². The van der Waals surface area contributed by atoms with Gasteiger partial charge in [0.25, 0.3) is 0 Å². The van der Waals surface area contributed by atoms with Crippen LogP contribution in [0.3, 0.4) is 0 Å². The van der Waals surface area contributed by atoms with Gasteiger partial charge in [0, 0.05) is 19.3 Å². The first-order valence-electron chi connectivity index (χ1n) is 20.3. The van der Waals surface area contributed by atoms with Gasteiger partial charge in [-0.05, 0) is 38.2 Å². The lowest BCUT2D eigenvalue weighted by Crippen LogP contribution is -2.34. The molecule has 0 fully saturated rings. The molecule has 0 heterocycles. The van der Waals surface area contributed by atoms with Crippen molar-refractivity contribution in [1.82, 2.24) is 0 Å². The quantitative estimate of drug-likeness (QED) is 0.0177. The summed E-state index contributed by atoms with van der Waals surface area (Å²) in [5, 5.41) is 8.86. The topological polar surface area (TPSA) is 189 Å². The van der Waals surface area contributed by atoms with Crippen LogP contribution in [-0.2, 0) is 42.3 Å². The van der Waals surface area contributed by atoms with E-state index in [1.807, 2.05) is 6.08 Å². The van der Waals surface area contributed by atoms with Gasteiger partial charge in [-0.25, -0.2) is 4.57 Å². The number of rotatable bonds is 38. The lowest BCUT2D eigenvalue weighted by molar-refractivity contribution is -0.161. The van der Waals surface area contributed by atoms with Crippen LogP contribution >= 0.6 is 7.82 Å². The smallest absolute Gasteiger partial charge is 0.472 e. The van der Waals surface area contributed by atoms with Gasteiger partial charge < -0.3 is 25.2 Å². The molecule has 1 unspecified atom stereocenters. The van der Waals surface area contributed by atoms with Crippen molar-refractivity contribution in [2.24, 2.45) is 5.73 Å². The lowest BCUT2D eigenvalue weighted by Gasteiger charge is -2.20. The molecule has 0 radical (unpaired) electrons. The van der Waals surface area contributed by atoms with Crippen LogP contribution in [-0.4, -0.2) is 65.7 Å². The second kappa shape index (κ2) is 35.3. The number of ether oxygens (including phenoxy) is 2. The van der Waals surface area contributed by atoms with E-state index in [0.29, 0.717) is 19.3 Å².